The van der Waals surface area contributed by atoms with E-state index in [4.69, 9.17) is 14.2 Å². The van der Waals surface area contributed by atoms with Gasteiger partial charge in [0.2, 0.25) is 0 Å². The molecular weight excluding hydrogens is 489 g/mol. The van der Waals surface area contributed by atoms with Crippen molar-refractivity contribution in [3.05, 3.63) is 58.4 Å². The van der Waals surface area contributed by atoms with Crippen molar-refractivity contribution in [1.29, 1.82) is 0 Å². The van der Waals surface area contributed by atoms with Crippen molar-refractivity contribution in [1.82, 2.24) is 0 Å². The number of methoxy groups -OCH3 is 2. The number of fused-ring (bicyclic) bond motifs is 1. The van der Waals surface area contributed by atoms with Crippen LogP contribution in [0, 0.1) is 11.7 Å². The topological polar surface area (TPSA) is 102 Å². The van der Waals surface area contributed by atoms with Gasteiger partial charge in [0.05, 0.1) is 36.5 Å². The van der Waals surface area contributed by atoms with Crippen LogP contribution < -0.4 is 4.31 Å². The Morgan fingerprint density at radius 2 is 1.92 bits per heavy atom. The molecule has 0 heterocycles. The molecule has 0 saturated heterocycles. The number of aryl methyl sites for hydroxylation is 1. The molecule has 2 aliphatic carbocycles. The van der Waals surface area contributed by atoms with Gasteiger partial charge in [0.1, 0.15) is 12.5 Å². The number of nitrogens with zero attached hydrogens (tertiary/aromatic N) is 1. The number of aliphatic hydroxyl groups excluding tert-OH is 1. The first-order chi connectivity index (χ1) is 17.3. The van der Waals surface area contributed by atoms with Crippen molar-refractivity contribution < 1.29 is 36.9 Å². The molecule has 0 bridgehead atoms. The van der Waals surface area contributed by atoms with Crippen molar-refractivity contribution in [2.24, 2.45) is 5.92 Å². The van der Waals surface area contributed by atoms with Crippen molar-refractivity contribution >= 4 is 21.7 Å². The smallest absolute Gasteiger partial charge is 0.340 e. The third-order valence-electron chi connectivity index (χ3n) is 6.91. The molecule has 10 heteroatoms. The SMILES string of the molecule is COCCOCN(c1ccc2c(c1C(=O)OC)CCCC2)S(=O)(=O)c1ccc(F)cc1[C@H]1C[C@H]1CO. The van der Waals surface area contributed by atoms with Crippen LogP contribution in [-0.4, -0.2) is 60.3 Å². The van der Waals surface area contributed by atoms with Gasteiger partial charge >= 0.3 is 5.97 Å². The lowest BCUT2D eigenvalue weighted by Crippen LogP contribution is -2.36. The van der Waals surface area contributed by atoms with Gasteiger partial charge in [-0.05, 0) is 84.9 Å². The highest BCUT2D eigenvalue weighted by Gasteiger charge is 2.42. The Kier molecular flexibility index (Phi) is 8.29. The van der Waals surface area contributed by atoms with Gasteiger partial charge < -0.3 is 19.3 Å². The van der Waals surface area contributed by atoms with Gasteiger partial charge in [-0.15, -0.1) is 0 Å². The lowest BCUT2D eigenvalue weighted by molar-refractivity contribution is 0.0598. The first kappa shape index (κ1) is 26.5. The van der Waals surface area contributed by atoms with Crippen molar-refractivity contribution in [2.75, 3.05) is 45.1 Å². The molecule has 1 fully saturated rings. The van der Waals surface area contributed by atoms with Gasteiger partial charge in [-0.2, -0.15) is 0 Å². The lowest BCUT2D eigenvalue weighted by atomic mass is 9.87. The van der Waals surface area contributed by atoms with E-state index in [2.05, 4.69) is 0 Å². The number of benzene rings is 2. The Morgan fingerprint density at radius 1 is 1.14 bits per heavy atom. The second kappa shape index (κ2) is 11.2. The Bertz CT molecular complexity index is 1220. The van der Waals surface area contributed by atoms with E-state index < -0.39 is 21.8 Å². The van der Waals surface area contributed by atoms with Crippen LogP contribution in [0.15, 0.2) is 35.2 Å². The quantitative estimate of drug-likeness (QED) is 0.275. The lowest BCUT2D eigenvalue weighted by Gasteiger charge is -2.29. The molecular formula is C26H32FNO7S. The third kappa shape index (κ3) is 5.27. The monoisotopic (exact) mass is 521 g/mol. The molecule has 0 aliphatic heterocycles. The number of ether oxygens (including phenoxy) is 3. The van der Waals surface area contributed by atoms with Crippen molar-refractivity contribution in [2.45, 2.75) is 42.9 Å². The minimum Gasteiger partial charge on any atom is -0.465 e. The summed E-state index contributed by atoms with van der Waals surface area (Å²) in [6, 6.07) is 7.02. The van der Waals surface area contributed by atoms with Crippen LogP contribution in [0.4, 0.5) is 10.1 Å². The second-order valence-electron chi connectivity index (χ2n) is 9.15. The van der Waals surface area contributed by atoms with E-state index in [9.17, 15) is 22.7 Å². The second-order valence-corrected chi connectivity index (χ2v) is 11.0. The Hall–Kier alpha value is -2.53. The minimum absolute atomic E-state index is 0.0753. The van der Waals surface area contributed by atoms with Crippen LogP contribution in [-0.2, 0) is 37.1 Å². The summed E-state index contributed by atoms with van der Waals surface area (Å²) in [6.07, 6.45) is 3.86. The van der Waals surface area contributed by atoms with E-state index in [-0.39, 0.29) is 54.5 Å². The molecule has 0 aromatic heterocycles. The predicted octanol–water partition coefficient (Wildman–Crippen LogP) is 3.40. The number of esters is 1. The van der Waals surface area contributed by atoms with Gasteiger partial charge in [0.25, 0.3) is 10.0 Å². The highest BCUT2D eigenvalue weighted by Crippen LogP contribution is 2.49. The molecule has 1 saturated carbocycles. The Morgan fingerprint density at radius 3 is 2.61 bits per heavy atom. The Labute approximate surface area is 211 Å². The van der Waals surface area contributed by atoms with Crippen molar-refractivity contribution in [3.63, 3.8) is 0 Å². The van der Waals surface area contributed by atoms with Gasteiger partial charge in [-0.1, -0.05) is 6.07 Å². The van der Waals surface area contributed by atoms with E-state index >= 15 is 0 Å². The highest BCUT2D eigenvalue weighted by atomic mass is 32.2. The number of hydrogen-bond acceptors (Lipinski definition) is 7. The van der Waals surface area contributed by atoms with Gasteiger partial charge in [0.15, 0.2) is 0 Å². The standard InChI is InChI=1S/C26H32FNO7S/c1-33-11-12-35-16-28(23-9-7-17-5-3-4-6-20(17)25(23)26(30)34-2)36(31,32)24-10-8-19(27)14-22(24)21-13-18(21)15-29/h7-10,14,18,21,29H,3-6,11-13,15-16H2,1-2H3/t18-,21-/m0/s1. The van der Waals surface area contributed by atoms with E-state index in [1.54, 1.807) is 6.07 Å². The molecule has 1 N–H and O–H groups in total. The Balaban J connectivity index is 1.85. The summed E-state index contributed by atoms with van der Waals surface area (Å²) in [7, 11) is -1.53. The van der Waals surface area contributed by atoms with E-state index in [0.29, 0.717) is 18.4 Å². The van der Waals surface area contributed by atoms with Crippen LogP contribution in [0.1, 0.15) is 52.2 Å². The summed E-state index contributed by atoms with van der Waals surface area (Å²) in [5.41, 5.74) is 2.45. The average Bonchev–Trinajstić information content (AvgIpc) is 3.67. The number of halogens is 1. The first-order valence-electron chi connectivity index (χ1n) is 12.1. The van der Waals surface area contributed by atoms with Gasteiger partial charge in [-0.25, -0.2) is 21.9 Å². The molecule has 0 spiro atoms. The van der Waals surface area contributed by atoms with Gasteiger partial charge in [-0.3, -0.25) is 0 Å². The maximum absolute atomic E-state index is 14.2. The molecule has 2 aromatic carbocycles. The fraction of sp³-hybridized carbons (Fsp3) is 0.500. The maximum atomic E-state index is 14.2. The number of hydrogen-bond donors (Lipinski definition) is 1. The summed E-state index contributed by atoms with van der Waals surface area (Å²) in [6.45, 7) is -0.0995. The summed E-state index contributed by atoms with van der Waals surface area (Å²) in [5, 5.41) is 9.55. The number of carbonyl (C=O) groups is 1. The van der Waals surface area contributed by atoms with Gasteiger partial charge in [0, 0.05) is 13.7 Å². The fourth-order valence-corrected chi connectivity index (χ4v) is 6.51. The number of aliphatic hydroxyl groups is 1. The minimum atomic E-state index is -4.30. The summed E-state index contributed by atoms with van der Waals surface area (Å²) in [4.78, 5) is 12.9. The summed E-state index contributed by atoms with van der Waals surface area (Å²) >= 11 is 0. The average molecular weight is 522 g/mol. The summed E-state index contributed by atoms with van der Waals surface area (Å²) in [5.74, 6) is -1.57. The van der Waals surface area contributed by atoms with E-state index in [0.717, 1.165) is 40.8 Å². The van der Waals surface area contributed by atoms with Crippen LogP contribution >= 0.6 is 0 Å². The summed E-state index contributed by atoms with van der Waals surface area (Å²) < 4.78 is 59.3. The zero-order chi connectivity index (χ0) is 25.9. The van der Waals surface area contributed by atoms with E-state index in [1.165, 1.54) is 26.4 Å². The molecule has 2 atom stereocenters. The zero-order valence-corrected chi connectivity index (χ0v) is 21.4. The highest BCUT2D eigenvalue weighted by molar-refractivity contribution is 7.92. The number of rotatable bonds is 11. The molecule has 36 heavy (non-hydrogen) atoms. The van der Waals surface area contributed by atoms with Crippen molar-refractivity contribution in [3.8, 4) is 0 Å². The number of carbonyl (C=O) groups excluding carboxylic acids is 1. The number of sulfonamides is 1. The molecule has 196 valence electrons. The third-order valence-corrected chi connectivity index (χ3v) is 8.72. The van der Waals surface area contributed by atoms with Crippen LogP contribution in [0.2, 0.25) is 0 Å². The van der Waals surface area contributed by atoms with Crippen LogP contribution in [0.25, 0.3) is 0 Å². The maximum Gasteiger partial charge on any atom is 0.340 e. The normalized spacial score (nSPS) is 19.0. The molecule has 8 nitrogen and oxygen atoms in total. The van der Waals surface area contributed by atoms with Crippen LogP contribution in [0.3, 0.4) is 0 Å². The molecule has 4 rings (SSSR count). The molecule has 0 amide bonds. The molecule has 0 unspecified atom stereocenters. The van der Waals surface area contributed by atoms with E-state index in [1.807, 2.05) is 6.07 Å². The number of anilines is 1. The molecule has 2 aliphatic rings. The largest absolute Gasteiger partial charge is 0.465 e. The predicted molar refractivity (Wildman–Crippen MR) is 131 cm³/mol. The first-order valence-corrected chi connectivity index (χ1v) is 13.5. The fourth-order valence-electron chi connectivity index (χ4n) is 4.90. The zero-order valence-electron chi connectivity index (χ0n) is 20.5. The molecule has 0 radical (unpaired) electrons. The van der Waals surface area contributed by atoms with Crippen LogP contribution in [0.5, 0.6) is 0 Å². The molecule has 2 aromatic rings.